The Morgan fingerprint density at radius 3 is 2.36 bits per heavy atom. The van der Waals surface area contributed by atoms with Gasteiger partial charge in [-0.05, 0) is 6.07 Å². The lowest BCUT2D eigenvalue weighted by Crippen LogP contribution is -2.09. The van der Waals surface area contributed by atoms with Gasteiger partial charge in [-0.2, -0.15) is 0 Å². The third kappa shape index (κ3) is 1.91. The standard InChI is InChI=1S/C8H9F2NO2S/c1-14(12,13)8-6(9)3-2-5(4-11)7(8)10/h2-3H,4,11H2,1H3. The van der Waals surface area contributed by atoms with Gasteiger partial charge in [0.15, 0.2) is 9.84 Å². The Bertz CT molecular complexity index is 457. The molecular formula is C8H9F2NO2S. The van der Waals surface area contributed by atoms with Crippen molar-refractivity contribution >= 4 is 9.84 Å². The fraction of sp³-hybridized carbons (Fsp3) is 0.250. The van der Waals surface area contributed by atoms with Crippen LogP contribution in [0.4, 0.5) is 8.78 Å². The molecule has 0 aliphatic carbocycles. The summed E-state index contributed by atoms with van der Waals surface area (Å²) in [5, 5.41) is 0. The summed E-state index contributed by atoms with van der Waals surface area (Å²) in [5.74, 6) is -2.20. The minimum absolute atomic E-state index is 0.0215. The molecule has 14 heavy (non-hydrogen) atoms. The lowest BCUT2D eigenvalue weighted by Gasteiger charge is -2.05. The summed E-state index contributed by atoms with van der Waals surface area (Å²) >= 11 is 0. The fourth-order valence-electron chi connectivity index (χ4n) is 1.07. The van der Waals surface area contributed by atoms with Crippen molar-refractivity contribution in [3.05, 3.63) is 29.3 Å². The van der Waals surface area contributed by atoms with Gasteiger partial charge in [0, 0.05) is 18.4 Å². The molecule has 3 nitrogen and oxygen atoms in total. The summed E-state index contributed by atoms with van der Waals surface area (Å²) in [7, 11) is -3.90. The van der Waals surface area contributed by atoms with Gasteiger partial charge in [0.25, 0.3) is 0 Å². The molecular weight excluding hydrogens is 212 g/mol. The molecule has 78 valence electrons. The van der Waals surface area contributed by atoms with Crippen molar-refractivity contribution in [1.82, 2.24) is 0 Å². The van der Waals surface area contributed by atoms with E-state index in [1.165, 1.54) is 0 Å². The molecule has 2 N–H and O–H groups in total. The Morgan fingerprint density at radius 1 is 1.36 bits per heavy atom. The fourth-order valence-corrected chi connectivity index (χ4v) is 1.95. The molecule has 0 saturated carbocycles. The third-order valence-electron chi connectivity index (χ3n) is 1.72. The second-order valence-electron chi connectivity index (χ2n) is 2.83. The number of halogens is 2. The maximum Gasteiger partial charge on any atom is 0.181 e. The number of benzene rings is 1. The highest BCUT2D eigenvalue weighted by Crippen LogP contribution is 2.21. The highest BCUT2D eigenvalue weighted by molar-refractivity contribution is 7.90. The van der Waals surface area contributed by atoms with Gasteiger partial charge in [0.05, 0.1) is 0 Å². The first-order valence-corrected chi connectivity index (χ1v) is 5.64. The van der Waals surface area contributed by atoms with E-state index in [0.717, 1.165) is 18.4 Å². The van der Waals surface area contributed by atoms with Crippen LogP contribution in [0, 0.1) is 11.6 Å². The molecule has 6 heteroatoms. The molecule has 0 atom stereocenters. The monoisotopic (exact) mass is 221 g/mol. The molecule has 0 heterocycles. The summed E-state index contributed by atoms with van der Waals surface area (Å²) < 4.78 is 48.4. The zero-order chi connectivity index (χ0) is 10.9. The van der Waals surface area contributed by atoms with Crippen LogP contribution in [-0.2, 0) is 16.4 Å². The van der Waals surface area contributed by atoms with Crippen LogP contribution < -0.4 is 5.73 Å². The van der Waals surface area contributed by atoms with Crippen LogP contribution in [0.2, 0.25) is 0 Å². The van der Waals surface area contributed by atoms with E-state index in [0.29, 0.717) is 0 Å². The van der Waals surface area contributed by atoms with Crippen molar-refractivity contribution in [2.24, 2.45) is 5.73 Å². The van der Waals surface area contributed by atoms with Crippen molar-refractivity contribution in [3.8, 4) is 0 Å². The van der Waals surface area contributed by atoms with Crippen LogP contribution in [0.3, 0.4) is 0 Å². The van der Waals surface area contributed by atoms with Gasteiger partial charge < -0.3 is 5.73 Å². The minimum Gasteiger partial charge on any atom is -0.326 e. The van der Waals surface area contributed by atoms with Crippen LogP contribution in [0.15, 0.2) is 17.0 Å². The average Bonchev–Trinajstić information content (AvgIpc) is 2.02. The molecule has 1 aromatic carbocycles. The second kappa shape index (κ2) is 3.62. The molecule has 1 rings (SSSR count). The Labute approximate surface area is 80.5 Å². The topological polar surface area (TPSA) is 60.2 Å². The summed E-state index contributed by atoms with van der Waals surface area (Å²) in [6.07, 6.45) is 0.745. The second-order valence-corrected chi connectivity index (χ2v) is 4.78. The van der Waals surface area contributed by atoms with E-state index in [2.05, 4.69) is 0 Å². The van der Waals surface area contributed by atoms with Gasteiger partial charge in [0.2, 0.25) is 0 Å². The number of hydrogen-bond acceptors (Lipinski definition) is 3. The number of sulfone groups is 1. The average molecular weight is 221 g/mol. The van der Waals surface area contributed by atoms with E-state index in [9.17, 15) is 17.2 Å². The zero-order valence-corrected chi connectivity index (χ0v) is 8.24. The molecule has 0 spiro atoms. The maximum absolute atomic E-state index is 13.3. The van der Waals surface area contributed by atoms with Crippen molar-refractivity contribution in [2.45, 2.75) is 11.4 Å². The Hall–Kier alpha value is -1.01. The largest absolute Gasteiger partial charge is 0.326 e. The number of rotatable bonds is 2. The highest BCUT2D eigenvalue weighted by Gasteiger charge is 2.21. The molecule has 0 aromatic heterocycles. The van der Waals surface area contributed by atoms with Crippen LogP contribution in [-0.4, -0.2) is 14.7 Å². The van der Waals surface area contributed by atoms with E-state index in [-0.39, 0.29) is 12.1 Å². The van der Waals surface area contributed by atoms with Crippen molar-refractivity contribution in [1.29, 1.82) is 0 Å². The summed E-state index contributed by atoms with van der Waals surface area (Å²) in [6, 6.07) is 2.01. The maximum atomic E-state index is 13.3. The lowest BCUT2D eigenvalue weighted by molar-refractivity contribution is 0.513. The normalized spacial score (nSPS) is 11.7. The molecule has 0 aliphatic heterocycles. The predicted octanol–water partition coefficient (Wildman–Crippen LogP) is 0.827. The highest BCUT2D eigenvalue weighted by atomic mass is 32.2. The Kier molecular flexibility index (Phi) is 2.86. The smallest absolute Gasteiger partial charge is 0.181 e. The van der Waals surface area contributed by atoms with E-state index in [4.69, 9.17) is 5.73 Å². The Balaban J connectivity index is 3.57. The first-order valence-electron chi connectivity index (χ1n) is 3.75. The van der Waals surface area contributed by atoms with Crippen LogP contribution >= 0.6 is 0 Å². The first kappa shape index (κ1) is 11.1. The van der Waals surface area contributed by atoms with Crippen molar-refractivity contribution in [3.63, 3.8) is 0 Å². The van der Waals surface area contributed by atoms with E-state index >= 15 is 0 Å². The summed E-state index contributed by atoms with van der Waals surface area (Å²) in [4.78, 5) is -0.916. The Morgan fingerprint density at radius 2 is 1.93 bits per heavy atom. The van der Waals surface area contributed by atoms with Crippen LogP contribution in [0.1, 0.15) is 5.56 Å². The molecule has 0 unspecified atom stereocenters. The lowest BCUT2D eigenvalue weighted by atomic mass is 10.2. The van der Waals surface area contributed by atoms with E-state index < -0.39 is 26.4 Å². The van der Waals surface area contributed by atoms with E-state index in [1.54, 1.807) is 0 Å². The predicted molar refractivity (Wildman–Crippen MR) is 47.4 cm³/mol. The quantitative estimate of drug-likeness (QED) is 0.804. The van der Waals surface area contributed by atoms with Gasteiger partial charge in [-0.25, -0.2) is 17.2 Å². The molecule has 0 fully saturated rings. The molecule has 0 saturated heterocycles. The molecule has 0 bridgehead atoms. The molecule has 0 amide bonds. The zero-order valence-electron chi connectivity index (χ0n) is 7.42. The molecule has 1 aromatic rings. The van der Waals surface area contributed by atoms with Crippen molar-refractivity contribution in [2.75, 3.05) is 6.26 Å². The molecule has 0 aliphatic rings. The summed E-state index contributed by atoms with van der Waals surface area (Å²) in [6.45, 7) is -0.172. The van der Waals surface area contributed by atoms with Crippen molar-refractivity contribution < 1.29 is 17.2 Å². The summed E-state index contributed by atoms with van der Waals surface area (Å²) in [5.41, 5.74) is 5.13. The number of nitrogens with two attached hydrogens (primary N) is 1. The van der Waals surface area contributed by atoms with Gasteiger partial charge >= 0.3 is 0 Å². The van der Waals surface area contributed by atoms with Gasteiger partial charge in [-0.1, -0.05) is 6.07 Å². The van der Waals surface area contributed by atoms with E-state index in [1.807, 2.05) is 0 Å². The van der Waals surface area contributed by atoms with Crippen LogP contribution in [0.25, 0.3) is 0 Å². The number of hydrogen-bond donors (Lipinski definition) is 1. The minimum atomic E-state index is -3.90. The van der Waals surface area contributed by atoms with Gasteiger partial charge in [-0.15, -0.1) is 0 Å². The van der Waals surface area contributed by atoms with Gasteiger partial charge in [-0.3, -0.25) is 0 Å². The third-order valence-corrected chi connectivity index (χ3v) is 2.84. The van der Waals surface area contributed by atoms with Crippen LogP contribution in [0.5, 0.6) is 0 Å². The SMILES string of the molecule is CS(=O)(=O)c1c(F)ccc(CN)c1F. The first-order chi connectivity index (χ1) is 6.38. The molecule has 0 radical (unpaired) electrons. The van der Waals surface area contributed by atoms with Gasteiger partial charge in [0.1, 0.15) is 16.5 Å².